The second-order valence-corrected chi connectivity index (χ2v) is 4.10. The molecule has 0 aliphatic carbocycles. The molecule has 0 bridgehead atoms. The molecular weight excluding hydrogens is 256 g/mol. The van der Waals surface area contributed by atoms with Gasteiger partial charge in [0.1, 0.15) is 0 Å². The van der Waals surface area contributed by atoms with Crippen LogP contribution in [0.5, 0.6) is 0 Å². The van der Waals surface area contributed by atoms with Crippen LogP contribution in [0.1, 0.15) is 19.8 Å². The maximum Gasteiger partial charge on any atom is 0.341 e. The monoisotopic (exact) mass is 274 g/mol. The summed E-state index contributed by atoms with van der Waals surface area (Å²) in [6.45, 7) is 2.32. The topological polar surface area (TPSA) is 105 Å². The Morgan fingerprint density at radius 2 is 1.95 bits per heavy atom. The van der Waals surface area contributed by atoms with Crippen molar-refractivity contribution in [2.24, 2.45) is 5.92 Å². The van der Waals surface area contributed by atoms with E-state index in [2.05, 4.69) is 4.84 Å². The van der Waals surface area contributed by atoms with E-state index in [-0.39, 0.29) is 11.9 Å². The van der Waals surface area contributed by atoms with Crippen molar-refractivity contribution in [1.29, 1.82) is 0 Å². The zero-order valence-corrected chi connectivity index (χ0v) is 10.8. The Labute approximate surface area is 110 Å². The van der Waals surface area contributed by atoms with Crippen LogP contribution in [0.2, 0.25) is 0 Å². The predicted molar refractivity (Wildman–Crippen MR) is 63.0 cm³/mol. The maximum atomic E-state index is 11.6. The number of piperidine rings is 1. The summed E-state index contributed by atoms with van der Waals surface area (Å²) in [5.74, 6) is -1.57. The molecule has 0 aromatic rings. The Kier molecular flexibility index (Phi) is 6.07. The van der Waals surface area contributed by atoms with E-state index in [1.807, 2.05) is 5.48 Å². The van der Waals surface area contributed by atoms with Gasteiger partial charge in [0, 0.05) is 13.1 Å². The van der Waals surface area contributed by atoms with E-state index >= 15 is 0 Å². The van der Waals surface area contributed by atoms with Crippen molar-refractivity contribution in [2.75, 3.05) is 26.3 Å². The highest BCUT2D eigenvalue weighted by Gasteiger charge is 2.28. The molecule has 0 unspecified atom stereocenters. The van der Waals surface area contributed by atoms with Gasteiger partial charge in [-0.2, -0.15) is 0 Å². The van der Waals surface area contributed by atoms with Crippen LogP contribution in [0, 0.1) is 5.92 Å². The highest BCUT2D eigenvalue weighted by Crippen LogP contribution is 2.18. The fraction of sp³-hybridized carbons (Fsp3) is 0.727. The molecule has 1 rings (SSSR count). The van der Waals surface area contributed by atoms with Gasteiger partial charge in [-0.05, 0) is 19.8 Å². The summed E-state index contributed by atoms with van der Waals surface area (Å²) in [5, 5.41) is 8.34. The summed E-state index contributed by atoms with van der Waals surface area (Å²) in [4.78, 5) is 39.2. The summed E-state index contributed by atoms with van der Waals surface area (Å²) in [5.41, 5.74) is 2.04. The second-order valence-electron chi connectivity index (χ2n) is 4.10. The Morgan fingerprint density at radius 1 is 1.32 bits per heavy atom. The number of nitrogens with zero attached hydrogens (tertiary/aromatic N) is 1. The van der Waals surface area contributed by atoms with Gasteiger partial charge >= 0.3 is 18.0 Å². The van der Waals surface area contributed by atoms with Crippen molar-refractivity contribution < 1.29 is 29.1 Å². The van der Waals surface area contributed by atoms with Gasteiger partial charge in [0.25, 0.3) is 0 Å². The number of esters is 1. The second kappa shape index (κ2) is 7.57. The molecular formula is C11H18N2O6. The van der Waals surface area contributed by atoms with Gasteiger partial charge in [0.15, 0.2) is 6.61 Å². The quantitative estimate of drug-likeness (QED) is 0.539. The molecule has 1 heterocycles. The van der Waals surface area contributed by atoms with E-state index in [0.717, 1.165) is 0 Å². The number of hydrogen-bond acceptors (Lipinski definition) is 5. The summed E-state index contributed by atoms with van der Waals surface area (Å²) in [6.07, 6.45) is 1.07. The lowest BCUT2D eigenvalue weighted by atomic mass is 9.97. The van der Waals surface area contributed by atoms with Gasteiger partial charge < -0.3 is 14.7 Å². The minimum Gasteiger partial charge on any atom is -0.479 e. The summed E-state index contributed by atoms with van der Waals surface area (Å²) < 4.78 is 4.92. The molecule has 0 aromatic heterocycles. The molecule has 0 spiro atoms. The number of hydroxylamine groups is 1. The first-order valence-corrected chi connectivity index (χ1v) is 6.09. The molecule has 8 heteroatoms. The zero-order chi connectivity index (χ0) is 14.3. The highest BCUT2D eigenvalue weighted by molar-refractivity contribution is 5.75. The Bertz CT molecular complexity index is 338. The van der Waals surface area contributed by atoms with Crippen LogP contribution in [0.3, 0.4) is 0 Å². The third kappa shape index (κ3) is 5.12. The van der Waals surface area contributed by atoms with Gasteiger partial charge in [-0.1, -0.05) is 0 Å². The fourth-order valence-electron chi connectivity index (χ4n) is 1.80. The van der Waals surface area contributed by atoms with E-state index in [0.29, 0.717) is 32.5 Å². The molecule has 2 amide bonds. The normalized spacial score (nSPS) is 15.9. The largest absolute Gasteiger partial charge is 0.479 e. The van der Waals surface area contributed by atoms with Crippen LogP contribution in [0.25, 0.3) is 0 Å². The Balaban J connectivity index is 2.27. The minimum atomic E-state index is -1.17. The third-order valence-electron chi connectivity index (χ3n) is 2.76. The molecule has 0 saturated carbocycles. The number of rotatable bonds is 5. The number of carbonyl (C=O) groups excluding carboxylic acids is 2. The number of likely N-dealkylation sites (tertiary alicyclic amines) is 1. The highest BCUT2D eigenvalue weighted by atomic mass is 16.7. The van der Waals surface area contributed by atoms with Gasteiger partial charge in [0.05, 0.1) is 12.5 Å². The molecule has 1 saturated heterocycles. The molecule has 2 N–H and O–H groups in total. The van der Waals surface area contributed by atoms with E-state index in [1.165, 1.54) is 4.90 Å². The molecule has 8 nitrogen and oxygen atoms in total. The first kappa shape index (κ1) is 15.2. The predicted octanol–water partition coefficient (Wildman–Crippen LogP) is -0.0127. The zero-order valence-electron chi connectivity index (χ0n) is 10.8. The lowest BCUT2D eigenvalue weighted by Crippen LogP contribution is -2.46. The summed E-state index contributed by atoms with van der Waals surface area (Å²) in [6, 6.07) is -0.497. The number of carboxylic acid groups (broad SMARTS) is 1. The molecule has 1 fully saturated rings. The van der Waals surface area contributed by atoms with Crippen molar-refractivity contribution in [1.82, 2.24) is 10.4 Å². The van der Waals surface area contributed by atoms with Crippen LogP contribution in [0.4, 0.5) is 4.79 Å². The number of hydrogen-bond donors (Lipinski definition) is 2. The molecule has 19 heavy (non-hydrogen) atoms. The SMILES string of the molecule is CCOC(=O)C1CCN(C(=O)NOCC(=O)O)CC1. The number of aliphatic carboxylic acids is 1. The van der Waals surface area contributed by atoms with Crippen molar-refractivity contribution in [3.63, 3.8) is 0 Å². The molecule has 1 aliphatic rings. The van der Waals surface area contributed by atoms with E-state index in [4.69, 9.17) is 9.84 Å². The van der Waals surface area contributed by atoms with Crippen molar-refractivity contribution in [3.8, 4) is 0 Å². The van der Waals surface area contributed by atoms with Gasteiger partial charge in [-0.25, -0.2) is 15.1 Å². The molecule has 1 aliphatic heterocycles. The Hall–Kier alpha value is -1.83. The number of ether oxygens (including phenoxy) is 1. The van der Waals surface area contributed by atoms with Crippen LogP contribution < -0.4 is 5.48 Å². The lowest BCUT2D eigenvalue weighted by Gasteiger charge is -2.30. The minimum absolute atomic E-state index is 0.177. The molecule has 108 valence electrons. The summed E-state index contributed by atoms with van der Waals surface area (Å²) in [7, 11) is 0. The average molecular weight is 274 g/mol. The average Bonchev–Trinajstić information content (AvgIpc) is 2.38. The third-order valence-corrected chi connectivity index (χ3v) is 2.76. The number of amides is 2. The van der Waals surface area contributed by atoms with E-state index in [1.54, 1.807) is 6.92 Å². The van der Waals surface area contributed by atoms with Crippen LogP contribution >= 0.6 is 0 Å². The number of carbonyl (C=O) groups is 3. The lowest BCUT2D eigenvalue weighted by molar-refractivity contribution is -0.149. The van der Waals surface area contributed by atoms with Gasteiger partial charge in [-0.15, -0.1) is 0 Å². The van der Waals surface area contributed by atoms with E-state index in [9.17, 15) is 14.4 Å². The summed E-state index contributed by atoms with van der Waals surface area (Å²) >= 11 is 0. The van der Waals surface area contributed by atoms with Crippen molar-refractivity contribution in [3.05, 3.63) is 0 Å². The van der Waals surface area contributed by atoms with Gasteiger partial charge in [0.2, 0.25) is 0 Å². The number of urea groups is 1. The first-order valence-electron chi connectivity index (χ1n) is 6.09. The maximum absolute atomic E-state index is 11.6. The first-order chi connectivity index (χ1) is 9.04. The van der Waals surface area contributed by atoms with Crippen LogP contribution in [-0.4, -0.2) is 54.3 Å². The van der Waals surface area contributed by atoms with Crippen LogP contribution in [-0.2, 0) is 19.2 Å². The number of nitrogens with one attached hydrogen (secondary N) is 1. The number of carboxylic acids is 1. The molecule has 0 atom stereocenters. The standard InChI is InChI=1S/C11H18N2O6/c1-2-18-10(16)8-3-5-13(6-4-8)11(17)12-19-7-9(14)15/h8H,2-7H2,1H3,(H,12,17)(H,14,15). The van der Waals surface area contributed by atoms with Crippen molar-refractivity contribution in [2.45, 2.75) is 19.8 Å². The Morgan fingerprint density at radius 3 is 2.47 bits per heavy atom. The van der Waals surface area contributed by atoms with Crippen LogP contribution in [0.15, 0.2) is 0 Å². The van der Waals surface area contributed by atoms with E-state index < -0.39 is 18.6 Å². The van der Waals surface area contributed by atoms with Crippen molar-refractivity contribution >= 4 is 18.0 Å². The molecule has 0 radical (unpaired) electrons. The fourth-order valence-corrected chi connectivity index (χ4v) is 1.80. The molecule has 0 aromatic carbocycles. The smallest absolute Gasteiger partial charge is 0.341 e. The van der Waals surface area contributed by atoms with Gasteiger partial charge in [-0.3, -0.25) is 9.63 Å².